The minimum Gasteiger partial charge on any atom is -0.439 e. The molecular weight excluding hydrogens is 369 g/mol. The fourth-order valence-corrected chi connectivity index (χ4v) is 2.71. The van der Waals surface area contributed by atoms with Crippen LogP contribution in [-0.4, -0.2) is 30.3 Å². The fourth-order valence-electron chi connectivity index (χ4n) is 2.42. The predicted molar refractivity (Wildman–Crippen MR) is 111 cm³/mol. The summed E-state index contributed by atoms with van der Waals surface area (Å²) < 4.78 is 5.96. The Morgan fingerprint density at radius 1 is 1.04 bits per heavy atom. The minimum absolute atomic E-state index is 0.208. The Balaban J connectivity index is 2.52. The third-order valence-electron chi connectivity index (χ3n) is 3.73. The van der Waals surface area contributed by atoms with Crippen LogP contribution < -0.4 is 4.74 Å². The van der Waals surface area contributed by atoms with Gasteiger partial charge in [0.15, 0.2) is 0 Å². The second-order valence-electron chi connectivity index (χ2n) is 6.98. The van der Waals surface area contributed by atoms with E-state index < -0.39 is 0 Å². The van der Waals surface area contributed by atoms with E-state index in [1.54, 1.807) is 24.5 Å². The zero-order chi connectivity index (χ0) is 19.4. The maximum Gasteiger partial charge on any atom is 0.219 e. The van der Waals surface area contributed by atoms with Gasteiger partial charge in [0.05, 0.1) is 27.8 Å². The topological polar surface area (TPSA) is 37.7 Å². The molecule has 0 atom stereocenters. The molecule has 0 bridgehead atoms. The van der Waals surface area contributed by atoms with Gasteiger partial charge in [-0.25, -0.2) is 9.98 Å². The molecule has 0 aliphatic rings. The Morgan fingerprint density at radius 2 is 1.73 bits per heavy atom. The third kappa shape index (κ3) is 5.12. The predicted octanol–water partition coefficient (Wildman–Crippen LogP) is 6.65. The van der Waals surface area contributed by atoms with Crippen molar-refractivity contribution in [2.75, 3.05) is 14.1 Å². The van der Waals surface area contributed by atoms with Gasteiger partial charge < -0.3 is 9.64 Å². The lowest BCUT2D eigenvalue weighted by atomic mass is 9.97. The van der Waals surface area contributed by atoms with Crippen molar-refractivity contribution < 1.29 is 4.74 Å². The molecule has 4 nitrogen and oxygen atoms in total. The van der Waals surface area contributed by atoms with Crippen molar-refractivity contribution in [1.29, 1.82) is 0 Å². The number of hydrogen-bond donors (Lipinski definition) is 0. The molecule has 0 aliphatic heterocycles. The summed E-state index contributed by atoms with van der Waals surface area (Å²) in [6, 6.07) is 7.12. The summed E-state index contributed by atoms with van der Waals surface area (Å²) in [5, 5.41) is 0.940. The van der Waals surface area contributed by atoms with Crippen LogP contribution >= 0.6 is 23.2 Å². The fraction of sp³-hybridized carbons (Fsp3) is 0.400. The van der Waals surface area contributed by atoms with E-state index >= 15 is 0 Å². The van der Waals surface area contributed by atoms with Crippen LogP contribution in [0.5, 0.6) is 11.6 Å². The Hall–Kier alpha value is -1.78. The summed E-state index contributed by atoms with van der Waals surface area (Å²) in [4.78, 5) is 11.3. The average molecular weight is 394 g/mol. The van der Waals surface area contributed by atoms with E-state index in [1.807, 2.05) is 25.1 Å². The number of ether oxygens (including phenoxy) is 1. The molecule has 0 amide bonds. The molecule has 0 unspecified atom stereocenters. The average Bonchev–Trinajstić information content (AvgIpc) is 2.55. The summed E-state index contributed by atoms with van der Waals surface area (Å²) in [5.41, 5.74) is 2.91. The van der Waals surface area contributed by atoms with Crippen LogP contribution in [0, 0.1) is 0 Å². The first kappa shape index (κ1) is 20.5. The zero-order valence-corrected chi connectivity index (χ0v) is 17.6. The van der Waals surface area contributed by atoms with Crippen molar-refractivity contribution in [2.45, 2.75) is 39.5 Å². The van der Waals surface area contributed by atoms with Crippen molar-refractivity contribution in [3.05, 3.63) is 45.6 Å². The molecule has 140 valence electrons. The first-order chi connectivity index (χ1) is 12.2. The van der Waals surface area contributed by atoms with Gasteiger partial charge in [0.25, 0.3) is 0 Å². The molecule has 1 heterocycles. The van der Waals surface area contributed by atoms with Crippen LogP contribution in [0.3, 0.4) is 0 Å². The SMILES string of the molecule is CC(C)c1cc(Oc2ccc(Cl)c(Cl)c2)nc(C(C)C)c1/N=C\N(C)C. The van der Waals surface area contributed by atoms with E-state index in [0.717, 1.165) is 16.9 Å². The smallest absolute Gasteiger partial charge is 0.219 e. The molecular formula is C20H25Cl2N3O. The van der Waals surface area contributed by atoms with Gasteiger partial charge in [-0.1, -0.05) is 50.9 Å². The Bertz CT molecular complexity index is 773. The van der Waals surface area contributed by atoms with Crippen molar-refractivity contribution in [3.63, 3.8) is 0 Å². The van der Waals surface area contributed by atoms with Gasteiger partial charge in [0, 0.05) is 26.2 Å². The molecule has 1 aromatic heterocycles. The summed E-state index contributed by atoms with van der Waals surface area (Å²) in [5.74, 6) is 1.61. The molecule has 2 aromatic rings. The van der Waals surface area contributed by atoms with Crippen LogP contribution in [0.4, 0.5) is 5.69 Å². The highest BCUT2D eigenvalue weighted by atomic mass is 35.5. The van der Waals surface area contributed by atoms with Crippen molar-refractivity contribution in [2.24, 2.45) is 4.99 Å². The molecule has 0 aliphatic carbocycles. The molecule has 0 radical (unpaired) electrons. The number of aromatic nitrogens is 1. The Morgan fingerprint density at radius 3 is 2.27 bits per heavy atom. The van der Waals surface area contributed by atoms with Crippen LogP contribution in [0.25, 0.3) is 0 Å². The van der Waals surface area contributed by atoms with Crippen LogP contribution in [0.1, 0.15) is 50.8 Å². The summed E-state index contributed by atoms with van der Waals surface area (Å²) in [6.45, 7) is 8.47. The lowest BCUT2D eigenvalue weighted by Gasteiger charge is -2.18. The van der Waals surface area contributed by atoms with E-state index in [9.17, 15) is 0 Å². The van der Waals surface area contributed by atoms with Gasteiger partial charge in [-0.3, -0.25) is 0 Å². The van der Waals surface area contributed by atoms with Crippen molar-refractivity contribution in [3.8, 4) is 11.6 Å². The lowest BCUT2D eigenvalue weighted by molar-refractivity contribution is 0.458. The molecule has 6 heteroatoms. The highest BCUT2D eigenvalue weighted by molar-refractivity contribution is 6.42. The number of hydrogen-bond acceptors (Lipinski definition) is 3. The van der Waals surface area contributed by atoms with Gasteiger partial charge in [0.2, 0.25) is 5.88 Å². The molecule has 0 N–H and O–H groups in total. The highest BCUT2D eigenvalue weighted by Gasteiger charge is 2.18. The van der Waals surface area contributed by atoms with E-state index in [1.165, 1.54) is 0 Å². The summed E-state index contributed by atoms with van der Waals surface area (Å²) in [7, 11) is 3.89. The van der Waals surface area contributed by atoms with Crippen molar-refractivity contribution >= 4 is 35.2 Å². The van der Waals surface area contributed by atoms with Crippen LogP contribution in [0.2, 0.25) is 10.0 Å². The Labute approximate surface area is 165 Å². The summed E-state index contributed by atoms with van der Waals surface area (Å²) in [6.07, 6.45) is 1.80. The highest BCUT2D eigenvalue weighted by Crippen LogP contribution is 2.37. The molecule has 0 saturated heterocycles. The van der Waals surface area contributed by atoms with Gasteiger partial charge in [-0.2, -0.15) is 0 Å². The van der Waals surface area contributed by atoms with E-state index in [2.05, 4.69) is 32.7 Å². The first-order valence-electron chi connectivity index (χ1n) is 8.57. The van der Waals surface area contributed by atoms with Gasteiger partial charge >= 0.3 is 0 Å². The molecule has 1 aromatic carbocycles. The standard InChI is InChI=1S/C20H25Cl2N3O/c1-12(2)15-10-18(26-14-7-8-16(21)17(22)9-14)24-19(13(3)4)20(15)23-11-25(5)6/h7-13H,1-6H3/b23-11-. The minimum atomic E-state index is 0.208. The maximum absolute atomic E-state index is 6.08. The largest absolute Gasteiger partial charge is 0.439 e. The third-order valence-corrected chi connectivity index (χ3v) is 4.46. The molecule has 26 heavy (non-hydrogen) atoms. The second-order valence-corrected chi connectivity index (χ2v) is 7.79. The van der Waals surface area contributed by atoms with Crippen LogP contribution in [-0.2, 0) is 0 Å². The number of rotatable bonds is 6. The number of aliphatic imine (C=N–C) groups is 1. The molecule has 2 rings (SSSR count). The normalized spacial score (nSPS) is 11.6. The van der Waals surface area contributed by atoms with Gasteiger partial charge in [0.1, 0.15) is 5.75 Å². The maximum atomic E-state index is 6.08. The number of nitrogens with zero attached hydrogens (tertiary/aromatic N) is 3. The van der Waals surface area contributed by atoms with Crippen LogP contribution in [0.15, 0.2) is 29.3 Å². The quantitative estimate of drug-likeness (QED) is 0.407. The number of benzene rings is 1. The second kappa shape index (κ2) is 8.74. The lowest BCUT2D eigenvalue weighted by Crippen LogP contribution is -2.08. The number of pyridine rings is 1. The molecule has 0 saturated carbocycles. The van der Waals surface area contributed by atoms with Gasteiger partial charge in [-0.15, -0.1) is 0 Å². The van der Waals surface area contributed by atoms with E-state index in [-0.39, 0.29) is 11.8 Å². The Kier molecular flexibility index (Phi) is 6.90. The zero-order valence-electron chi connectivity index (χ0n) is 16.0. The molecule has 0 fully saturated rings. The number of halogens is 2. The first-order valence-corrected chi connectivity index (χ1v) is 9.33. The van der Waals surface area contributed by atoms with Gasteiger partial charge in [-0.05, 0) is 29.5 Å². The monoisotopic (exact) mass is 393 g/mol. The summed E-state index contributed by atoms with van der Waals surface area (Å²) >= 11 is 12.1. The van der Waals surface area contributed by atoms with Crippen molar-refractivity contribution in [1.82, 2.24) is 9.88 Å². The van der Waals surface area contributed by atoms with E-state index in [0.29, 0.717) is 21.7 Å². The van der Waals surface area contributed by atoms with E-state index in [4.69, 9.17) is 32.9 Å². The molecule has 0 spiro atoms.